The summed E-state index contributed by atoms with van der Waals surface area (Å²) in [7, 11) is 1.77. The zero-order valence-corrected chi connectivity index (χ0v) is 18.1. The van der Waals surface area contributed by atoms with Crippen LogP contribution in [-0.4, -0.2) is 51.5 Å². The molecule has 0 spiro atoms. The molecule has 0 N–H and O–H groups in total. The zero-order chi connectivity index (χ0) is 19.9. The minimum atomic E-state index is 0.0213. The number of halogens is 1. The highest BCUT2D eigenvalue weighted by Gasteiger charge is 2.16. The van der Waals surface area contributed by atoms with Gasteiger partial charge in [0.25, 0.3) is 0 Å². The number of nitrogens with zero attached hydrogens (tertiary/aromatic N) is 4. The number of carbonyl (C=O) groups excluding carboxylic acids is 1. The average molecular weight is 437 g/mol. The summed E-state index contributed by atoms with van der Waals surface area (Å²) in [5, 5.41) is 12.0. The number of benzene rings is 1. The molecule has 0 radical (unpaired) electrons. The highest BCUT2D eigenvalue weighted by molar-refractivity contribution is 7.99. The number of thioether (sulfide) groups is 1. The third-order valence-corrected chi connectivity index (χ3v) is 6.10. The second-order valence-corrected chi connectivity index (χ2v) is 8.26. The van der Waals surface area contributed by atoms with Crippen molar-refractivity contribution >= 4 is 40.6 Å². The Morgan fingerprint density at radius 1 is 1.29 bits per heavy atom. The van der Waals surface area contributed by atoms with E-state index in [4.69, 9.17) is 16.3 Å². The molecule has 0 bridgehead atoms. The Hall–Kier alpha value is -2.03. The summed E-state index contributed by atoms with van der Waals surface area (Å²) < 4.78 is 7.68. The van der Waals surface area contributed by atoms with Gasteiger partial charge in [-0.05, 0) is 42.6 Å². The molecular formula is C19H21ClN4O2S2. The lowest BCUT2D eigenvalue weighted by Crippen LogP contribution is -2.32. The first-order valence-electron chi connectivity index (χ1n) is 8.80. The topological polar surface area (TPSA) is 60.2 Å². The summed E-state index contributed by atoms with van der Waals surface area (Å²) in [6.45, 7) is 3.72. The van der Waals surface area contributed by atoms with Crippen molar-refractivity contribution < 1.29 is 9.53 Å². The molecule has 3 rings (SSSR count). The molecule has 0 aliphatic rings. The van der Waals surface area contributed by atoms with E-state index in [-0.39, 0.29) is 5.91 Å². The lowest BCUT2D eigenvalue weighted by molar-refractivity contribution is -0.127. The molecule has 28 heavy (non-hydrogen) atoms. The minimum Gasteiger partial charge on any atom is -0.492 e. The molecule has 3 aromatic rings. The molecule has 0 unspecified atom stereocenters. The van der Waals surface area contributed by atoms with Gasteiger partial charge >= 0.3 is 0 Å². The molecule has 1 aromatic carbocycles. The van der Waals surface area contributed by atoms with Crippen LogP contribution in [0.4, 0.5) is 0 Å². The second kappa shape index (κ2) is 9.95. The number of amides is 1. The summed E-state index contributed by atoms with van der Waals surface area (Å²) >= 11 is 8.89. The van der Waals surface area contributed by atoms with Crippen molar-refractivity contribution in [1.29, 1.82) is 0 Å². The van der Waals surface area contributed by atoms with E-state index in [0.717, 1.165) is 28.2 Å². The Morgan fingerprint density at radius 2 is 2.07 bits per heavy atom. The van der Waals surface area contributed by atoms with E-state index >= 15 is 0 Å². The third-order valence-electron chi connectivity index (χ3n) is 4.03. The van der Waals surface area contributed by atoms with Crippen LogP contribution < -0.4 is 4.74 Å². The quantitative estimate of drug-likeness (QED) is 0.468. The van der Waals surface area contributed by atoms with Crippen LogP contribution in [0.25, 0.3) is 10.7 Å². The number of hydrogen-bond acceptors (Lipinski definition) is 6. The van der Waals surface area contributed by atoms with Gasteiger partial charge in [0.05, 0.1) is 17.2 Å². The van der Waals surface area contributed by atoms with Gasteiger partial charge < -0.3 is 14.2 Å². The molecule has 2 heterocycles. The molecule has 2 aromatic heterocycles. The number of rotatable bonds is 9. The van der Waals surface area contributed by atoms with Crippen LogP contribution >= 0.6 is 34.7 Å². The van der Waals surface area contributed by atoms with Crippen LogP contribution in [0.5, 0.6) is 5.75 Å². The predicted molar refractivity (Wildman–Crippen MR) is 114 cm³/mol. The van der Waals surface area contributed by atoms with Gasteiger partial charge in [0.2, 0.25) is 5.91 Å². The fraction of sp³-hybridized carbons (Fsp3) is 0.316. The van der Waals surface area contributed by atoms with Crippen LogP contribution in [0.15, 0.2) is 46.9 Å². The van der Waals surface area contributed by atoms with Gasteiger partial charge in [-0.2, -0.15) is 0 Å². The van der Waals surface area contributed by atoms with Crippen molar-refractivity contribution in [1.82, 2.24) is 19.7 Å². The minimum absolute atomic E-state index is 0.0213. The molecule has 0 aliphatic carbocycles. The number of carbonyl (C=O) groups is 1. The Bertz CT molecular complexity index is 897. The normalized spacial score (nSPS) is 10.8. The predicted octanol–water partition coefficient (Wildman–Crippen LogP) is 4.31. The van der Waals surface area contributed by atoms with Crippen LogP contribution in [-0.2, 0) is 11.3 Å². The van der Waals surface area contributed by atoms with Crippen molar-refractivity contribution in [2.24, 2.45) is 0 Å². The smallest absolute Gasteiger partial charge is 0.232 e. The number of aromatic nitrogens is 3. The van der Waals surface area contributed by atoms with Gasteiger partial charge in [0.1, 0.15) is 12.4 Å². The summed E-state index contributed by atoms with van der Waals surface area (Å²) in [4.78, 5) is 15.2. The maximum atomic E-state index is 12.4. The van der Waals surface area contributed by atoms with E-state index in [1.165, 1.54) is 11.8 Å². The standard InChI is InChI=1S/C19H21ClN4O2S2/c1-3-24-18(16-5-4-12-27-16)21-22-19(24)28-13-17(25)23(2)10-11-26-15-8-6-14(20)7-9-15/h4-9,12H,3,10-11,13H2,1-2H3. The first-order chi connectivity index (χ1) is 13.6. The van der Waals surface area contributed by atoms with Crippen LogP contribution in [0.2, 0.25) is 5.02 Å². The zero-order valence-electron chi connectivity index (χ0n) is 15.7. The monoisotopic (exact) mass is 436 g/mol. The molecule has 9 heteroatoms. The molecule has 0 fully saturated rings. The molecule has 0 atom stereocenters. The van der Waals surface area contributed by atoms with Crippen molar-refractivity contribution in [2.75, 3.05) is 26.0 Å². The van der Waals surface area contributed by atoms with Crippen LogP contribution in [0, 0.1) is 0 Å². The van der Waals surface area contributed by atoms with Crippen molar-refractivity contribution in [3.63, 3.8) is 0 Å². The number of likely N-dealkylation sites (N-methyl/N-ethyl adjacent to an activating group) is 1. The fourth-order valence-corrected chi connectivity index (χ4v) is 4.25. The maximum absolute atomic E-state index is 12.4. The second-order valence-electron chi connectivity index (χ2n) is 5.93. The number of ether oxygens (including phenoxy) is 1. The molecule has 1 amide bonds. The van der Waals surface area contributed by atoms with Crippen molar-refractivity contribution in [3.05, 3.63) is 46.8 Å². The molecule has 0 saturated heterocycles. The van der Waals surface area contributed by atoms with E-state index in [1.54, 1.807) is 35.4 Å². The lowest BCUT2D eigenvalue weighted by Gasteiger charge is -2.17. The van der Waals surface area contributed by atoms with E-state index in [1.807, 2.05) is 41.1 Å². The van der Waals surface area contributed by atoms with Crippen molar-refractivity contribution in [2.45, 2.75) is 18.6 Å². The van der Waals surface area contributed by atoms with Crippen LogP contribution in [0.1, 0.15) is 6.92 Å². The Kier molecular flexibility index (Phi) is 7.36. The van der Waals surface area contributed by atoms with Gasteiger partial charge in [-0.3, -0.25) is 4.79 Å². The Morgan fingerprint density at radius 3 is 2.75 bits per heavy atom. The molecular weight excluding hydrogens is 416 g/mol. The maximum Gasteiger partial charge on any atom is 0.232 e. The van der Waals surface area contributed by atoms with Crippen molar-refractivity contribution in [3.8, 4) is 16.5 Å². The third kappa shape index (κ3) is 5.27. The highest BCUT2D eigenvalue weighted by Crippen LogP contribution is 2.27. The Balaban J connectivity index is 1.49. The SMILES string of the molecule is CCn1c(SCC(=O)N(C)CCOc2ccc(Cl)cc2)nnc1-c1cccs1. The molecule has 148 valence electrons. The van der Waals surface area contributed by atoms with Crippen LogP contribution in [0.3, 0.4) is 0 Å². The van der Waals surface area contributed by atoms with Gasteiger partial charge in [-0.1, -0.05) is 29.4 Å². The Labute approximate surface area is 177 Å². The van der Waals surface area contributed by atoms with E-state index in [9.17, 15) is 4.79 Å². The number of hydrogen-bond donors (Lipinski definition) is 0. The number of thiophene rings is 1. The van der Waals surface area contributed by atoms with Gasteiger partial charge in [-0.25, -0.2) is 0 Å². The first kappa shape index (κ1) is 20.7. The fourth-order valence-electron chi connectivity index (χ4n) is 2.46. The highest BCUT2D eigenvalue weighted by atomic mass is 35.5. The first-order valence-corrected chi connectivity index (χ1v) is 11.0. The largest absolute Gasteiger partial charge is 0.492 e. The molecule has 0 aliphatic heterocycles. The van der Waals surface area contributed by atoms with Gasteiger partial charge in [0, 0.05) is 18.6 Å². The average Bonchev–Trinajstić information content (AvgIpc) is 3.36. The van der Waals surface area contributed by atoms with Gasteiger partial charge in [0.15, 0.2) is 11.0 Å². The molecule has 6 nitrogen and oxygen atoms in total. The van der Waals surface area contributed by atoms with E-state index in [2.05, 4.69) is 10.2 Å². The summed E-state index contributed by atoms with van der Waals surface area (Å²) in [5.74, 6) is 1.90. The summed E-state index contributed by atoms with van der Waals surface area (Å²) in [6, 6.07) is 11.2. The summed E-state index contributed by atoms with van der Waals surface area (Å²) in [6.07, 6.45) is 0. The van der Waals surface area contributed by atoms with E-state index < -0.39 is 0 Å². The lowest BCUT2D eigenvalue weighted by atomic mass is 10.3. The van der Waals surface area contributed by atoms with E-state index in [0.29, 0.717) is 23.9 Å². The summed E-state index contributed by atoms with van der Waals surface area (Å²) in [5.41, 5.74) is 0. The molecule has 0 saturated carbocycles. The van der Waals surface area contributed by atoms with Gasteiger partial charge in [-0.15, -0.1) is 21.5 Å².